The lowest BCUT2D eigenvalue weighted by Crippen LogP contribution is -2.36. The number of esters is 1. The number of ether oxygens (including phenoxy) is 2. The van der Waals surface area contributed by atoms with Crippen LogP contribution in [0.3, 0.4) is 0 Å². The zero-order valence-corrected chi connectivity index (χ0v) is 13.0. The van der Waals surface area contributed by atoms with Crippen molar-refractivity contribution in [1.82, 2.24) is 4.98 Å². The lowest BCUT2D eigenvalue weighted by Gasteiger charge is -2.30. The summed E-state index contributed by atoms with van der Waals surface area (Å²) in [4.78, 5) is 18.0. The van der Waals surface area contributed by atoms with Gasteiger partial charge in [0.1, 0.15) is 5.82 Å². The van der Waals surface area contributed by atoms with E-state index in [1.807, 2.05) is 18.2 Å². The molecule has 0 radical (unpaired) electrons. The van der Waals surface area contributed by atoms with Gasteiger partial charge in [-0.25, -0.2) is 9.78 Å². The maximum Gasteiger partial charge on any atom is 0.339 e. The molecule has 2 aromatic rings. The van der Waals surface area contributed by atoms with E-state index < -0.39 is 5.97 Å². The molecule has 0 aliphatic carbocycles. The molecule has 6 heteroatoms. The van der Waals surface area contributed by atoms with Crippen molar-refractivity contribution in [2.24, 2.45) is 0 Å². The van der Waals surface area contributed by atoms with Crippen LogP contribution in [0.25, 0.3) is 0 Å². The summed E-state index contributed by atoms with van der Waals surface area (Å²) in [5.41, 5.74) is 2.53. The molecule has 0 saturated carbocycles. The number of nitrogens with zero attached hydrogens (tertiary/aromatic N) is 2. The fraction of sp³-hybridized carbons (Fsp3) is 0.294. The topological polar surface area (TPSA) is 63.7 Å². The Morgan fingerprint density at radius 1 is 1.22 bits per heavy atom. The lowest BCUT2D eigenvalue weighted by atomic mass is 10.2. The highest BCUT2D eigenvalue weighted by Crippen LogP contribution is 2.28. The van der Waals surface area contributed by atoms with Gasteiger partial charge < -0.3 is 19.7 Å². The summed E-state index contributed by atoms with van der Waals surface area (Å²) in [6, 6.07) is 11.6. The van der Waals surface area contributed by atoms with Gasteiger partial charge in [-0.05, 0) is 24.3 Å². The molecule has 23 heavy (non-hydrogen) atoms. The van der Waals surface area contributed by atoms with Crippen LogP contribution in [-0.4, -0.2) is 44.4 Å². The predicted octanol–water partition coefficient (Wildman–Crippen LogP) is 2.45. The zero-order chi connectivity index (χ0) is 16.1. The van der Waals surface area contributed by atoms with Gasteiger partial charge in [-0.15, -0.1) is 0 Å². The van der Waals surface area contributed by atoms with Crippen LogP contribution in [0, 0.1) is 0 Å². The molecular weight excluding hydrogens is 294 g/mol. The molecule has 2 heterocycles. The van der Waals surface area contributed by atoms with Crippen molar-refractivity contribution in [2.75, 3.05) is 43.6 Å². The molecule has 1 aliphatic heterocycles. The predicted molar refractivity (Wildman–Crippen MR) is 88.3 cm³/mol. The molecule has 1 aliphatic rings. The highest BCUT2D eigenvalue weighted by Gasteiger charge is 2.14. The number of para-hydroxylation sites is 2. The van der Waals surface area contributed by atoms with Gasteiger partial charge in [0.05, 0.1) is 37.3 Å². The molecule has 1 aromatic heterocycles. The first kappa shape index (κ1) is 15.3. The number of pyridine rings is 1. The molecule has 3 rings (SSSR count). The van der Waals surface area contributed by atoms with Crippen LogP contribution < -0.4 is 10.2 Å². The Balaban J connectivity index is 1.78. The highest BCUT2D eigenvalue weighted by atomic mass is 16.5. The van der Waals surface area contributed by atoms with E-state index in [1.54, 1.807) is 12.1 Å². The van der Waals surface area contributed by atoms with E-state index in [2.05, 4.69) is 26.0 Å². The van der Waals surface area contributed by atoms with Gasteiger partial charge >= 0.3 is 5.97 Å². The van der Waals surface area contributed by atoms with Gasteiger partial charge in [0, 0.05) is 19.3 Å². The van der Waals surface area contributed by atoms with Crippen molar-refractivity contribution in [1.29, 1.82) is 0 Å². The smallest absolute Gasteiger partial charge is 0.339 e. The number of nitrogens with one attached hydrogen (secondary N) is 1. The number of carbonyl (C=O) groups is 1. The van der Waals surface area contributed by atoms with Crippen molar-refractivity contribution in [3.8, 4) is 0 Å². The van der Waals surface area contributed by atoms with Crippen LogP contribution in [-0.2, 0) is 9.47 Å². The second-order valence-corrected chi connectivity index (χ2v) is 5.17. The zero-order valence-electron chi connectivity index (χ0n) is 13.0. The molecule has 0 bridgehead atoms. The monoisotopic (exact) mass is 313 g/mol. The highest BCUT2D eigenvalue weighted by molar-refractivity contribution is 5.89. The molecule has 0 spiro atoms. The first-order valence-corrected chi connectivity index (χ1v) is 7.51. The van der Waals surface area contributed by atoms with Crippen molar-refractivity contribution < 1.29 is 14.3 Å². The molecule has 6 nitrogen and oxygen atoms in total. The molecular formula is C17H19N3O3. The van der Waals surface area contributed by atoms with Gasteiger partial charge in [-0.3, -0.25) is 0 Å². The van der Waals surface area contributed by atoms with Crippen LogP contribution in [0.15, 0.2) is 42.6 Å². The Hall–Kier alpha value is -2.60. The summed E-state index contributed by atoms with van der Waals surface area (Å²) in [5, 5.41) is 3.31. The lowest BCUT2D eigenvalue weighted by molar-refractivity contribution is 0.0600. The Morgan fingerprint density at radius 2 is 2.00 bits per heavy atom. The molecule has 0 amide bonds. The van der Waals surface area contributed by atoms with Crippen LogP contribution in [0.2, 0.25) is 0 Å². The number of methoxy groups -OCH3 is 1. The molecule has 120 valence electrons. The van der Waals surface area contributed by atoms with Crippen LogP contribution >= 0.6 is 0 Å². The van der Waals surface area contributed by atoms with Crippen molar-refractivity contribution >= 4 is 23.2 Å². The third-order valence-electron chi connectivity index (χ3n) is 3.70. The number of hydrogen-bond donors (Lipinski definition) is 1. The van der Waals surface area contributed by atoms with E-state index in [1.165, 1.54) is 13.3 Å². The van der Waals surface area contributed by atoms with E-state index in [4.69, 9.17) is 4.74 Å². The van der Waals surface area contributed by atoms with E-state index in [0.29, 0.717) is 11.4 Å². The van der Waals surface area contributed by atoms with Crippen molar-refractivity contribution in [2.45, 2.75) is 0 Å². The number of aromatic nitrogens is 1. The van der Waals surface area contributed by atoms with Crippen molar-refractivity contribution in [3.63, 3.8) is 0 Å². The summed E-state index contributed by atoms with van der Waals surface area (Å²) in [5.74, 6) is 0.288. The fourth-order valence-corrected chi connectivity index (χ4v) is 2.50. The van der Waals surface area contributed by atoms with Gasteiger partial charge in [0.15, 0.2) is 0 Å². The van der Waals surface area contributed by atoms with Crippen LogP contribution in [0.4, 0.5) is 17.2 Å². The minimum atomic E-state index is -0.391. The Kier molecular flexibility index (Phi) is 4.73. The van der Waals surface area contributed by atoms with Gasteiger partial charge in [0.25, 0.3) is 0 Å². The molecule has 0 unspecified atom stereocenters. The number of carbonyl (C=O) groups excluding carboxylic acids is 1. The van der Waals surface area contributed by atoms with Crippen LogP contribution in [0.5, 0.6) is 0 Å². The normalized spacial score (nSPS) is 14.4. The largest absolute Gasteiger partial charge is 0.465 e. The summed E-state index contributed by atoms with van der Waals surface area (Å²) in [7, 11) is 1.35. The first-order chi connectivity index (χ1) is 11.3. The van der Waals surface area contributed by atoms with E-state index >= 15 is 0 Å². The molecule has 0 atom stereocenters. The molecule has 1 aromatic carbocycles. The van der Waals surface area contributed by atoms with Gasteiger partial charge in [0.2, 0.25) is 0 Å². The average Bonchev–Trinajstić information content (AvgIpc) is 2.63. The number of rotatable bonds is 4. The van der Waals surface area contributed by atoms with E-state index in [0.717, 1.165) is 37.7 Å². The maximum atomic E-state index is 11.4. The minimum Gasteiger partial charge on any atom is -0.465 e. The quantitative estimate of drug-likeness (QED) is 0.875. The first-order valence-electron chi connectivity index (χ1n) is 7.51. The minimum absolute atomic E-state index is 0.391. The van der Waals surface area contributed by atoms with Crippen LogP contribution in [0.1, 0.15) is 10.4 Å². The Labute approximate surface area is 135 Å². The van der Waals surface area contributed by atoms with E-state index in [-0.39, 0.29) is 0 Å². The second kappa shape index (κ2) is 7.11. The summed E-state index contributed by atoms with van der Waals surface area (Å²) in [6.07, 6.45) is 1.51. The maximum absolute atomic E-state index is 11.4. The summed E-state index contributed by atoms with van der Waals surface area (Å²) < 4.78 is 10.1. The Morgan fingerprint density at radius 3 is 2.70 bits per heavy atom. The average molecular weight is 313 g/mol. The standard InChI is InChI=1S/C17H19N3O3/c1-22-17(21)13-6-7-16(18-12-13)19-14-4-2-3-5-15(14)20-8-10-23-11-9-20/h2-7,12H,8-11H2,1H3,(H,18,19). The SMILES string of the molecule is COC(=O)c1ccc(Nc2ccccc2N2CCOCC2)nc1. The summed E-state index contributed by atoms with van der Waals surface area (Å²) >= 11 is 0. The van der Waals surface area contributed by atoms with Gasteiger partial charge in [-0.2, -0.15) is 0 Å². The third kappa shape index (κ3) is 3.60. The number of benzene rings is 1. The number of hydrogen-bond acceptors (Lipinski definition) is 6. The van der Waals surface area contributed by atoms with E-state index in [9.17, 15) is 4.79 Å². The van der Waals surface area contributed by atoms with Gasteiger partial charge in [-0.1, -0.05) is 12.1 Å². The number of anilines is 3. The third-order valence-corrected chi connectivity index (χ3v) is 3.70. The number of morpholine rings is 1. The molecule has 1 saturated heterocycles. The molecule has 1 N–H and O–H groups in total. The van der Waals surface area contributed by atoms with Crippen molar-refractivity contribution in [3.05, 3.63) is 48.2 Å². The fourth-order valence-electron chi connectivity index (χ4n) is 2.50. The Bertz CT molecular complexity index is 667. The molecule has 1 fully saturated rings. The summed E-state index contributed by atoms with van der Waals surface area (Å²) in [6.45, 7) is 3.21. The second-order valence-electron chi connectivity index (χ2n) is 5.17.